The molecule has 0 heterocycles. The van der Waals surface area contributed by atoms with Crippen molar-refractivity contribution in [1.82, 2.24) is 0 Å². The minimum Gasteiger partial charge on any atom is -0.481 e. The van der Waals surface area contributed by atoms with Crippen molar-refractivity contribution in [2.75, 3.05) is 0 Å². The van der Waals surface area contributed by atoms with Gasteiger partial charge in [-0.2, -0.15) is 0 Å². The second kappa shape index (κ2) is 6.95. The molecule has 4 N–H and O–H groups in total. The molecule has 6 heteroatoms. The third kappa shape index (κ3) is 8.18. The number of hydrogen-bond donors (Lipinski definition) is 3. The SMILES string of the molecule is N[C@@H](CCC(=O)O)C(=O)O.[Ce]. The van der Waals surface area contributed by atoms with Gasteiger partial charge in [0.25, 0.3) is 0 Å². The molecular weight excluding hydrogens is 278 g/mol. The van der Waals surface area contributed by atoms with Gasteiger partial charge in [-0.15, -0.1) is 0 Å². The molecule has 0 unspecified atom stereocenters. The zero-order chi connectivity index (χ0) is 8.15. The largest absolute Gasteiger partial charge is 0.481 e. The summed E-state index contributed by atoms with van der Waals surface area (Å²) in [6, 6.07) is -1.06. The van der Waals surface area contributed by atoms with Crippen molar-refractivity contribution in [3.63, 3.8) is 0 Å². The van der Waals surface area contributed by atoms with Gasteiger partial charge in [0.15, 0.2) is 0 Å². The van der Waals surface area contributed by atoms with Gasteiger partial charge in [-0.1, -0.05) is 0 Å². The molecule has 1 atom stereocenters. The van der Waals surface area contributed by atoms with Crippen LogP contribution in [0.25, 0.3) is 0 Å². The summed E-state index contributed by atoms with van der Waals surface area (Å²) in [5.41, 5.74) is 5.00. The Bertz CT molecular complexity index is 149. The van der Waals surface area contributed by atoms with Gasteiger partial charge in [-0.25, -0.2) is 0 Å². The van der Waals surface area contributed by atoms with Gasteiger partial charge in [0.2, 0.25) is 0 Å². The van der Waals surface area contributed by atoms with E-state index < -0.39 is 18.0 Å². The number of hydrogen-bond acceptors (Lipinski definition) is 3. The minimum atomic E-state index is -1.17. The maximum atomic E-state index is 9.99. The molecule has 5 nitrogen and oxygen atoms in total. The van der Waals surface area contributed by atoms with Gasteiger partial charge in [0.05, 0.1) is 0 Å². The predicted octanol–water partition coefficient (Wildman–Crippen LogP) is -0.737. The van der Waals surface area contributed by atoms with Crippen molar-refractivity contribution in [2.24, 2.45) is 5.73 Å². The monoisotopic (exact) mass is 287 g/mol. The summed E-state index contributed by atoms with van der Waals surface area (Å²) in [7, 11) is 0. The Hall–Kier alpha value is 0.277. The standard InChI is InChI=1S/C5H9NO4.Ce/c6-3(5(9)10)1-2-4(7)8;/h3H,1-2,6H2,(H,7,8)(H,9,10);/t3-;/m0./s1. The molecule has 0 aliphatic carbocycles. The van der Waals surface area contributed by atoms with Crippen LogP contribution in [0.4, 0.5) is 0 Å². The van der Waals surface area contributed by atoms with Crippen LogP contribution in [0.2, 0.25) is 0 Å². The Kier molecular flexibility index (Phi) is 8.75. The summed E-state index contributed by atoms with van der Waals surface area (Å²) in [5, 5.41) is 16.3. The average molecular weight is 287 g/mol. The molecule has 0 aromatic carbocycles. The first-order valence-corrected chi connectivity index (χ1v) is 2.74. The van der Waals surface area contributed by atoms with Crippen molar-refractivity contribution < 1.29 is 61.5 Å². The van der Waals surface area contributed by atoms with Gasteiger partial charge in [0.1, 0.15) is 6.04 Å². The number of rotatable bonds is 4. The van der Waals surface area contributed by atoms with Crippen LogP contribution >= 0.6 is 0 Å². The first-order valence-electron chi connectivity index (χ1n) is 2.74. The zero-order valence-electron chi connectivity index (χ0n) is 5.78. The van der Waals surface area contributed by atoms with Gasteiger partial charge in [-0.3, -0.25) is 9.59 Å². The smallest absolute Gasteiger partial charge is 0.320 e. The second-order valence-electron chi connectivity index (χ2n) is 1.88. The van der Waals surface area contributed by atoms with E-state index in [1.807, 2.05) is 0 Å². The van der Waals surface area contributed by atoms with Crippen LogP contribution in [0, 0.1) is 41.7 Å². The number of carboxylic acid groups (broad SMARTS) is 2. The maximum Gasteiger partial charge on any atom is 0.320 e. The molecule has 0 aromatic rings. The molecule has 62 valence electrons. The second-order valence-corrected chi connectivity index (χ2v) is 1.88. The van der Waals surface area contributed by atoms with Crippen molar-refractivity contribution in [3.05, 3.63) is 0 Å². The van der Waals surface area contributed by atoms with Crippen LogP contribution in [-0.4, -0.2) is 28.2 Å². The zero-order valence-corrected chi connectivity index (χ0v) is 8.92. The Morgan fingerprint density at radius 2 is 1.82 bits per heavy atom. The molecule has 0 bridgehead atoms. The van der Waals surface area contributed by atoms with Gasteiger partial charge in [-0.05, 0) is 6.42 Å². The van der Waals surface area contributed by atoms with Crippen LogP contribution in [0.3, 0.4) is 0 Å². The Morgan fingerprint density at radius 1 is 1.36 bits per heavy atom. The molecule has 0 spiro atoms. The summed E-state index contributed by atoms with van der Waals surface area (Å²) in [4.78, 5) is 19.9. The van der Waals surface area contributed by atoms with E-state index in [1.165, 1.54) is 0 Å². The minimum absolute atomic E-state index is 0. The third-order valence-corrected chi connectivity index (χ3v) is 0.986. The van der Waals surface area contributed by atoms with E-state index in [4.69, 9.17) is 15.9 Å². The molecule has 0 rings (SSSR count). The normalized spacial score (nSPS) is 11.4. The molecule has 0 saturated carbocycles. The average Bonchev–Trinajstić information content (AvgIpc) is 1.82. The summed E-state index contributed by atoms with van der Waals surface area (Å²) in [6.07, 6.45) is -0.224. The van der Waals surface area contributed by atoms with Crippen LogP contribution in [-0.2, 0) is 9.59 Å². The van der Waals surface area contributed by atoms with Gasteiger partial charge < -0.3 is 15.9 Å². The van der Waals surface area contributed by atoms with Crippen LogP contribution < -0.4 is 5.73 Å². The number of aliphatic carboxylic acids is 2. The predicted molar refractivity (Wildman–Crippen MR) is 32.5 cm³/mol. The van der Waals surface area contributed by atoms with E-state index in [9.17, 15) is 9.59 Å². The summed E-state index contributed by atoms with van der Waals surface area (Å²) in [6.45, 7) is 0. The first-order chi connectivity index (χ1) is 4.54. The molecule has 0 radical (unpaired) electrons. The van der Waals surface area contributed by atoms with Crippen LogP contribution in [0.15, 0.2) is 0 Å². The topological polar surface area (TPSA) is 101 Å². The quantitative estimate of drug-likeness (QED) is 0.632. The summed E-state index contributed by atoms with van der Waals surface area (Å²) in [5.74, 6) is -2.20. The van der Waals surface area contributed by atoms with E-state index in [0.29, 0.717) is 0 Å². The van der Waals surface area contributed by atoms with Gasteiger partial charge in [0, 0.05) is 48.2 Å². The van der Waals surface area contributed by atoms with Gasteiger partial charge >= 0.3 is 11.9 Å². The third-order valence-electron chi connectivity index (χ3n) is 0.986. The molecule has 0 aromatic heterocycles. The summed E-state index contributed by atoms with van der Waals surface area (Å²) < 4.78 is 0. The fraction of sp³-hybridized carbons (Fsp3) is 0.600. The van der Waals surface area contributed by atoms with Crippen molar-refractivity contribution in [3.8, 4) is 0 Å². The van der Waals surface area contributed by atoms with E-state index in [2.05, 4.69) is 0 Å². The van der Waals surface area contributed by atoms with Crippen molar-refractivity contribution in [1.29, 1.82) is 0 Å². The number of carbonyl (C=O) groups is 2. The van der Waals surface area contributed by atoms with Crippen molar-refractivity contribution >= 4 is 11.9 Å². The fourth-order valence-electron chi connectivity index (χ4n) is 0.402. The van der Waals surface area contributed by atoms with E-state index in [-0.39, 0.29) is 54.6 Å². The number of nitrogens with two attached hydrogens (primary N) is 1. The van der Waals surface area contributed by atoms with Crippen LogP contribution in [0.1, 0.15) is 12.8 Å². The first kappa shape index (κ1) is 13.8. The Morgan fingerprint density at radius 3 is 2.09 bits per heavy atom. The molecule has 11 heavy (non-hydrogen) atoms. The molecule has 0 saturated heterocycles. The molecule has 0 amide bonds. The molecule has 0 fully saturated rings. The number of carboxylic acids is 2. The molecular formula is C5H9CeNO4. The summed E-state index contributed by atoms with van der Waals surface area (Å²) >= 11 is 0. The van der Waals surface area contributed by atoms with E-state index >= 15 is 0 Å². The van der Waals surface area contributed by atoms with E-state index in [0.717, 1.165) is 0 Å². The molecule has 0 aliphatic heterocycles. The van der Waals surface area contributed by atoms with Crippen molar-refractivity contribution in [2.45, 2.75) is 18.9 Å². The Balaban J connectivity index is 0. The fourth-order valence-corrected chi connectivity index (χ4v) is 0.402. The van der Waals surface area contributed by atoms with E-state index in [1.54, 1.807) is 0 Å². The Labute approximate surface area is 97.3 Å². The van der Waals surface area contributed by atoms with Crippen LogP contribution in [0.5, 0.6) is 0 Å². The maximum absolute atomic E-state index is 9.99. The molecule has 0 aliphatic rings.